The van der Waals surface area contributed by atoms with Crippen LogP contribution in [0, 0.1) is 0 Å². The summed E-state index contributed by atoms with van der Waals surface area (Å²) >= 11 is 0. The summed E-state index contributed by atoms with van der Waals surface area (Å²) in [5, 5.41) is 8.79. The maximum absolute atomic E-state index is 14.0. The van der Waals surface area contributed by atoms with Crippen molar-refractivity contribution in [1.82, 2.24) is 20.9 Å². The van der Waals surface area contributed by atoms with Crippen LogP contribution in [0.25, 0.3) is 11.0 Å². The summed E-state index contributed by atoms with van der Waals surface area (Å²) in [5.41, 5.74) is 6.92. The molecule has 0 radical (unpaired) electrons. The number of fused-ring (bicyclic) bond motifs is 2. The highest BCUT2D eigenvalue weighted by Crippen LogP contribution is 2.39. The number of carbonyl (C=O) groups is 5. The van der Waals surface area contributed by atoms with Crippen molar-refractivity contribution >= 4 is 48.1 Å². The molecule has 1 aromatic heterocycles. The van der Waals surface area contributed by atoms with Crippen molar-refractivity contribution in [3.05, 3.63) is 71.5 Å². The van der Waals surface area contributed by atoms with E-state index >= 15 is 0 Å². The number of furan rings is 1. The Bertz CT molecular complexity index is 1720. The van der Waals surface area contributed by atoms with Gasteiger partial charge in [-0.2, -0.15) is 0 Å². The van der Waals surface area contributed by atoms with Gasteiger partial charge in [-0.1, -0.05) is 49.2 Å². The first-order chi connectivity index (χ1) is 22.9. The summed E-state index contributed by atoms with van der Waals surface area (Å²) < 4.78 is 17.1. The number of nitrogens with one attached hydrogen (secondary N) is 3. The molecule has 0 aliphatic carbocycles. The minimum atomic E-state index is -4.29. The minimum Gasteiger partial charge on any atom is -0.451 e. The molecule has 0 saturated carbocycles. The molecule has 5 rings (SSSR count). The van der Waals surface area contributed by atoms with Crippen LogP contribution in [-0.2, 0) is 36.4 Å². The molecular formula is C33H40N5O9P. The highest BCUT2D eigenvalue weighted by Gasteiger charge is 2.44. The van der Waals surface area contributed by atoms with Crippen LogP contribution in [0.4, 0.5) is 0 Å². The highest BCUT2D eigenvalue weighted by molar-refractivity contribution is 7.50. The normalized spacial score (nSPS) is 20.3. The summed E-state index contributed by atoms with van der Waals surface area (Å²) in [6.45, 7) is 0.222. The predicted molar refractivity (Wildman–Crippen MR) is 174 cm³/mol. The third-order valence-corrected chi connectivity index (χ3v) is 9.54. The molecule has 2 saturated heterocycles. The Kier molecular flexibility index (Phi) is 11.0. The number of amides is 5. The molecular weight excluding hydrogens is 641 g/mol. The first kappa shape index (κ1) is 34.8. The van der Waals surface area contributed by atoms with Gasteiger partial charge in [-0.25, -0.2) is 0 Å². The molecule has 2 fully saturated rings. The topological polar surface area (TPSA) is 221 Å². The van der Waals surface area contributed by atoms with E-state index in [1.807, 2.05) is 30.3 Å². The fraction of sp³-hybridized carbons (Fsp3) is 0.424. The zero-order valence-corrected chi connectivity index (χ0v) is 27.2. The van der Waals surface area contributed by atoms with Crippen molar-refractivity contribution in [3.63, 3.8) is 0 Å². The van der Waals surface area contributed by atoms with Gasteiger partial charge in [0.15, 0.2) is 5.76 Å². The number of hydrogen-bond acceptors (Lipinski definition) is 7. The van der Waals surface area contributed by atoms with Crippen LogP contribution in [0.5, 0.6) is 0 Å². The third-order valence-electron chi connectivity index (χ3n) is 8.76. The molecule has 3 heterocycles. The lowest BCUT2D eigenvalue weighted by Gasteiger charge is -2.35. The molecule has 0 spiro atoms. The van der Waals surface area contributed by atoms with E-state index in [9.17, 15) is 38.3 Å². The summed E-state index contributed by atoms with van der Waals surface area (Å²) in [6, 6.07) is 12.1. The second-order valence-electron chi connectivity index (χ2n) is 12.4. The Balaban J connectivity index is 1.28. The first-order valence-corrected chi connectivity index (χ1v) is 17.8. The quantitative estimate of drug-likeness (QED) is 0.154. The van der Waals surface area contributed by atoms with Crippen LogP contribution < -0.4 is 21.7 Å². The zero-order chi connectivity index (χ0) is 34.4. The van der Waals surface area contributed by atoms with Crippen molar-refractivity contribution in [2.45, 2.75) is 88.2 Å². The second-order valence-corrected chi connectivity index (χ2v) is 14.0. The monoisotopic (exact) mass is 681 g/mol. The number of rotatable bonds is 12. The van der Waals surface area contributed by atoms with E-state index in [0.717, 1.165) is 12.0 Å². The van der Waals surface area contributed by atoms with Crippen LogP contribution in [0.3, 0.4) is 0 Å². The second kappa shape index (κ2) is 15.1. The van der Waals surface area contributed by atoms with E-state index in [4.69, 9.17) is 10.2 Å². The summed E-state index contributed by atoms with van der Waals surface area (Å²) in [7, 11) is -4.29. The van der Waals surface area contributed by atoms with Gasteiger partial charge >= 0.3 is 7.60 Å². The molecule has 5 amide bonds. The number of hydrogen-bond donors (Lipinski definition) is 6. The van der Waals surface area contributed by atoms with Crippen LogP contribution in [0.1, 0.15) is 73.0 Å². The Hall–Kier alpha value is -4.52. The maximum Gasteiger partial charge on any atom is 0.329 e. The summed E-state index contributed by atoms with van der Waals surface area (Å²) in [5.74, 6) is -2.74. The van der Waals surface area contributed by atoms with Gasteiger partial charge in [0.25, 0.3) is 5.91 Å². The van der Waals surface area contributed by atoms with Crippen molar-refractivity contribution in [3.8, 4) is 0 Å². The molecule has 4 atom stereocenters. The molecule has 2 unspecified atom stereocenters. The predicted octanol–water partition coefficient (Wildman–Crippen LogP) is 2.21. The van der Waals surface area contributed by atoms with Crippen molar-refractivity contribution < 1.29 is 42.7 Å². The van der Waals surface area contributed by atoms with E-state index in [2.05, 4.69) is 16.0 Å². The Morgan fingerprint density at radius 2 is 1.73 bits per heavy atom. The number of nitrogens with zero attached hydrogens (tertiary/aromatic N) is 1. The van der Waals surface area contributed by atoms with Crippen molar-refractivity contribution in [1.29, 1.82) is 0 Å². The highest BCUT2D eigenvalue weighted by atomic mass is 31.2. The summed E-state index contributed by atoms with van der Waals surface area (Å²) in [6.07, 6.45) is 2.86. The van der Waals surface area contributed by atoms with Gasteiger partial charge in [0, 0.05) is 24.4 Å². The summed E-state index contributed by atoms with van der Waals surface area (Å²) in [4.78, 5) is 85.8. The Morgan fingerprint density at radius 3 is 2.46 bits per heavy atom. The van der Waals surface area contributed by atoms with Crippen LogP contribution in [0.2, 0.25) is 0 Å². The van der Waals surface area contributed by atoms with Gasteiger partial charge in [-0.15, -0.1) is 0 Å². The van der Waals surface area contributed by atoms with E-state index in [0.29, 0.717) is 48.6 Å². The zero-order valence-electron chi connectivity index (χ0n) is 26.3. The fourth-order valence-electron chi connectivity index (χ4n) is 6.42. The molecule has 15 heteroatoms. The number of nitrogens with two attached hydrogens (primary N) is 1. The number of carbonyl (C=O) groups excluding carboxylic acids is 5. The van der Waals surface area contributed by atoms with Gasteiger partial charge in [0.2, 0.25) is 23.6 Å². The van der Waals surface area contributed by atoms with Crippen LogP contribution in [-0.4, -0.2) is 68.4 Å². The Morgan fingerprint density at radius 1 is 0.979 bits per heavy atom. The molecule has 48 heavy (non-hydrogen) atoms. The number of primary amides is 1. The lowest BCUT2D eigenvalue weighted by atomic mass is 9.98. The standard InChI is InChI=1S/C33H40N5O9P/c34-29(39)15-12-24(30(40)35-18-20-6-2-1-3-7-20)36-31(41)26-13-11-23-8-4-5-9-25(33(43)38(23)26)37-32(42)28-17-22-16-21(19-48(44,45)46)10-14-27(22)47-28/h1-3,6-7,10,14,16-17,23-26H,4-5,8-9,11-13,15,18-19H2,(H2,34,39)(H,35,40)(H,36,41)(H,37,42)(H2,44,45,46)/t23?,24?,25-,26-/m0/s1. The van der Waals surface area contributed by atoms with Crippen LogP contribution >= 0.6 is 7.60 Å². The largest absolute Gasteiger partial charge is 0.451 e. The average Bonchev–Trinajstić information content (AvgIpc) is 3.66. The minimum absolute atomic E-state index is 0.0111. The van der Waals surface area contributed by atoms with E-state index in [1.54, 1.807) is 0 Å². The number of benzene rings is 2. The lowest BCUT2D eigenvalue weighted by Crippen LogP contribution is -2.58. The molecule has 7 N–H and O–H groups in total. The van der Waals surface area contributed by atoms with E-state index in [1.165, 1.54) is 29.2 Å². The molecule has 3 aromatic rings. The fourth-order valence-corrected chi connectivity index (χ4v) is 7.10. The Labute approximate surface area is 276 Å². The van der Waals surface area contributed by atoms with E-state index in [-0.39, 0.29) is 31.2 Å². The first-order valence-electron chi connectivity index (χ1n) is 16.0. The van der Waals surface area contributed by atoms with Gasteiger partial charge in [0.05, 0.1) is 6.16 Å². The van der Waals surface area contributed by atoms with E-state index < -0.39 is 61.4 Å². The molecule has 14 nitrogen and oxygen atoms in total. The smallest absolute Gasteiger partial charge is 0.329 e. The molecule has 2 aliphatic heterocycles. The van der Waals surface area contributed by atoms with Gasteiger partial charge in [0.1, 0.15) is 23.7 Å². The molecule has 256 valence electrons. The third kappa shape index (κ3) is 8.88. The van der Waals surface area contributed by atoms with Gasteiger partial charge in [-0.05, 0) is 61.4 Å². The van der Waals surface area contributed by atoms with Crippen LogP contribution in [0.15, 0.2) is 59.0 Å². The molecule has 2 aliphatic rings. The van der Waals surface area contributed by atoms with Gasteiger partial charge < -0.3 is 40.8 Å². The molecule has 2 aromatic carbocycles. The molecule has 0 bridgehead atoms. The van der Waals surface area contributed by atoms with Crippen molar-refractivity contribution in [2.75, 3.05) is 0 Å². The SMILES string of the molecule is NC(=O)CCC(NC(=O)[C@@H]1CCC2CCCC[C@H](NC(=O)c3cc4cc(CP(=O)(O)O)ccc4o3)C(=O)N21)C(=O)NCc1ccccc1. The van der Waals surface area contributed by atoms with Crippen molar-refractivity contribution in [2.24, 2.45) is 5.73 Å². The maximum atomic E-state index is 14.0. The lowest BCUT2D eigenvalue weighted by molar-refractivity contribution is -0.143. The van der Waals surface area contributed by atoms with Gasteiger partial charge in [-0.3, -0.25) is 28.5 Å². The average molecular weight is 682 g/mol.